The van der Waals surface area contributed by atoms with Gasteiger partial charge in [-0.05, 0) is 36.1 Å². The predicted molar refractivity (Wildman–Crippen MR) is 104 cm³/mol. The normalized spacial score (nSPS) is 12.2. The fourth-order valence-electron chi connectivity index (χ4n) is 2.49. The van der Waals surface area contributed by atoms with Crippen molar-refractivity contribution in [3.8, 4) is 0 Å². The molecular weight excluding hydrogens is 336 g/mol. The standard InChI is InChI=1S/C19H20N2OS2/c1-3-13(2)14-8-4-5-9-15(14)20-18(22)12-23-19-21-16-10-6-7-11-17(16)24-19/h4-11,13H,3,12H2,1-2H3,(H,20,22). The molecule has 0 bridgehead atoms. The Morgan fingerprint density at radius 3 is 2.75 bits per heavy atom. The van der Waals surface area contributed by atoms with Crippen LogP contribution in [0.15, 0.2) is 52.9 Å². The minimum Gasteiger partial charge on any atom is -0.325 e. The van der Waals surface area contributed by atoms with Crippen molar-refractivity contribution in [3.05, 3.63) is 54.1 Å². The van der Waals surface area contributed by atoms with E-state index >= 15 is 0 Å². The molecule has 0 fully saturated rings. The Morgan fingerprint density at radius 1 is 1.21 bits per heavy atom. The second kappa shape index (κ2) is 7.81. The van der Waals surface area contributed by atoms with Gasteiger partial charge < -0.3 is 5.32 Å². The number of para-hydroxylation sites is 2. The number of benzene rings is 2. The number of hydrogen-bond donors (Lipinski definition) is 1. The first-order chi connectivity index (χ1) is 11.7. The largest absolute Gasteiger partial charge is 0.325 e. The van der Waals surface area contributed by atoms with E-state index in [-0.39, 0.29) is 5.91 Å². The lowest BCUT2D eigenvalue weighted by atomic mass is 9.97. The zero-order valence-corrected chi connectivity index (χ0v) is 15.4. The van der Waals surface area contributed by atoms with Gasteiger partial charge in [0.25, 0.3) is 0 Å². The average Bonchev–Trinajstić information content (AvgIpc) is 3.03. The maximum Gasteiger partial charge on any atom is 0.234 e. The lowest BCUT2D eigenvalue weighted by Gasteiger charge is -2.15. The van der Waals surface area contributed by atoms with E-state index in [1.807, 2.05) is 36.4 Å². The number of fused-ring (bicyclic) bond motifs is 1. The average molecular weight is 357 g/mol. The quantitative estimate of drug-likeness (QED) is 0.590. The lowest BCUT2D eigenvalue weighted by Crippen LogP contribution is -2.15. The van der Waals surface area contributed by atoms with Gasteiger partial charge in [-0.3, -0.25) is 4.79 Å². The van der Waals surface area contributed by atoms with Gasteiger partial charge in [0.1, 0.15) is 0 Å². The van der Waals surface area contributed by atoms with Gasteiger partial charge in [0, 0.05) is 5.69 Å². The third kappa shape index (κ3) is 3.97. The summed E-state index contributed by atoms with van der Waals surface area (Å²) in [6, 6.07) is 16.1. The van der Waals surface area contributed by atoms with Crippen LogP contribution in [0.3, 0.4) is 0 Å². The molecule has 5 heteroatoms. The number of rotatable bonds is 6. The summed E-state index contributed by atoms with van der Waals surface area (Å²) in [5.41, 5.74) is 3.10. The van der Waals surface area contributed by atoms with E-state index in [1.54, 1.807) is 11.3 Å². The zero-order chi connectivity index (χ0) is 16.9. The summed E-state index contributed by atoms with van der Waals surface area (Å²) in [6.07, 6.45) is 1.05. The number of thiazole rings is 1. The third-order valence-corrected chi connectivity index (χ3v) is 6.16. The van der Waals surface area contributed by atoms with Gasteiger partial charge in [0.2, 0.25) is 5.91 Å². The molecule has 1 heterocycles. The van der Waals surface area contributed by atoms with E-state index in [0.717, 1.165) is 26.7 Å². The summed E-state index contributed by atoms with van der Waals surface area (Å²) in [5.74, 6) is 0.808. The summed E-state index contributed by atoms with van der Waals surface area (Å²) in [4.78, 5) is 16.9. The fourth-order valence-corrected chi connectivity index (χ4v) is 4.36. The summed E-state index contributed by atoms with van der Waals surface area (Å²) in [6.45, 7) is 4.34. The molecule has 24 heavy (non-hydrogen) atoms. The Hall–Kier alpha value is -1.85. The van der Waals surface area contributed by atoms with Gasteiger partial charge in [-0.1, -0.05) is 55.9 Å². The van der Waals surface area contributed by atoms with Crippen LogP contribution in [0.25, 0.3) is 10.2 Å². The summed E-state index contributed by atoms with van der Waals surface area (Å²) < 4.78 is 2.09. The molecule has 1 N–H and O–H groups in total. The van der Waals surface area contributed by atoms with Crippen molar-refractivity contribution in [3.63, 3.8) is 0 Å². The van der Waals surface area contributed by atoms with Crippen LogP contribution in [0.5, 0.6) is 0 Å². The second-order valence-electron chi connectivity index (χ2n) is 5.68. The molecule has 124 valence electrons. The number of anilines is 1. The first-order valence-corrected chi connectivity index (χ1v) is 9.84. The molecule has 0 aliphatic heterocycles. The highest BCUT2D eigenvalue weighted by atomic mass is 32.2. The molecule has 2 aromatic carbocycles. The molecule has 1 atom stereocenters. The Morgan fingerprint density at radius 2 is 1.96 bits per heavy atom. The molecule has 0 aliphatic rings. The van der Waals surface area contributed by atoms with E-state index in [1.165, 1.54) is 17.3 Å². The second-order valence-corrected chi connectivity index (χ2v) is 7.93. The van der Waals surface area contributed by atoms with Crippen LogP contribution in [-0.2, 0) is 4.79 Å². The number of carbonyl (C=O) groups excluding carboxylic acids is 1. The van der Waals surface area contributed by atoms with E-state index < -0.39 is 0 Å². The summed E-state index contributed by atoms with van der Waals surface area (Å²) in [5, 5.41) is 3.05. The SMILES string of the molecule is CCC(C)c1ccccc1NC(=O)CSc1nc2ccccc2s1. The van der Waals surface area contributed by atoms with Gasteiger partial charge in [-0.2, -0.15) is 0 Å². The first-order valence-electron chi connectivity index (χ1n) is 8.04. The van der Waals surface area contributed by atoms with Crippen LogP contribution in [0.4, 0.5) is 5.69 Å². The van der Waals surface area contributed by atoms with Crippen LogP contribution < -0.4 is 5.32 Å². The van der Waals surface area contributed by atoms with Crippen molar-refractivity contribution >= 4 is 44.9 Å². The Kier molecular flexibility index (Phi) is 5.53. The minimum atomic E-state index is 0.00927. The smallest absolute Gasteiger partial charge is 0.234 e. The third-order valence-electron chi connectivity index (χ3n) is 3.98. The Labute approximate surface area is 150 Å². The van der Waals surface area contributed by atoms with Crippen molar-refractivity contribution < 1.29 is 4.79 Å². The van der Waals surface area contributed by atoms with Gasteiger partial charge in [0.05, 0.1) is 16.0 Å². The van der Waals surface area contributed by atoms with Crippen LogP contribution >= 0.6 is 23.1 Å². The number of hydrogen-bond acceptors (Lipinski definition) is 4. The van der Waals surface area contributed by atoms with Crippen molar-refractivity contribution in [2.45, 2.75) is 30.5 Å². The van der Waals surface area contributed by atoms with Gasteiger partial charge in [0.15, 0.2) is 4.34 Å². The van der Waals surface area contributed by atoms with Crippen molar-refractivity contribution in [1.82, 2.24) is 4.98 Å². The predicted octanol–water partition coefficient (Wildman–Crippen LogP) is 5.54. The number of nitrogens with one attached hydrogen (secondary N) is 1. The summed E-state index contributed by atoms with van der Waals surface area (Å²) >= 11 is 3.12. The molecule has 0 saturated carbocycles. The monoisotopic (exact) mass is 356 g/mol. The van der Waals surface area contributed by atoms with Crippen LogP contribution in [0.1, 0.15) is 31.7 Å². The van der Waals surface area contributed by atoms with Crippen molar-refractivity contribution in [2.24, 2.45) is 0 Å². The van der Waals surface area contributed by atoms with Crippen LogP contribution in [0.2, 0.25) is 0 Å². The number of carbonyl (C=O) groups is 1. The minimum absolute atomic E-state index is 0.00927. The Balaban J connectivity index is 1.64. The van der Waals surface area contributed by atoms with Crippen molar-refractivity contribution in [1.29, 1.82) is 0 Å². The zero-order valence-electron chi connectivity index (χ0n) is 13.8. The maximum atomic E-state index is 12.3. The topological polar surface area (TPSA) is 42.0 Å². The van der Waals surface area contributed by atoms with E-state index in [2.05, 4.69) is 36.3 Å². The first kappa shape index (κ1) is 17.0. The van der Waals surface area contributed by atoms with Gasteiger partial charge in [-0.25, -0.2) is 4.98 Å². The molecule has 3 aromatic rings. The van der Waals surface area contributed by atoms with E-state index in [9.17, 15) is 4.79 Å². The van der Waals surface area contributed by atoms with Gasteiger partial charge >= 0.3 is 0 Å². The fraction of sp³-hybridized carbons (Fsp3) is 0.263. The van der Waals surface area contributed by atoms with Crippen LogP contribution in [-0.4, -0.2) is 16.6 Å². The number of nitrogens with zero attached hydrogens (tertiary/aromatic N) is 1. The Bertz CT molecular complexity index is 811. The highest BCUT2D eigenvalue weighted by Crippen LogP contribution is 2.30. The highest BCUT2D eigenvalue weighted by molar-refractivity contribution is 8.01. The van der Waals surface area contributed by atoms with E-state index in [0.29, 0.717) is 11.7 Å². The molecule has 1 amide bonds. The molecule has 0 saturated heterocycles. The van der Waals surface area contributed by atoms with Crippen molar-refractivity contribution in [2.75, 3.05) is 11.1 Å². The maximum absolute atomic E-state index is 12.3. The molecule has 3 rings (SSSR count). The molecule has 3 nitrogen and oxygen atoms in total. The van der Waals surface area contributed by atoms with Gasteiger partial charge in [-0.15, -0.1) is 11.3 Å². The number of amides is 1. The number of aromatic nitrogens is 1. The highest BCUT2D eigenvalue weighted by Gasteiger charge is 2.12. The van der Waals surface area contributed by atoms with Crippen LogP contribution in [0, 0.1) is 0 Å². The molecule has 1 aromatic heterocycles. The molecule has 0 aliphatic carbocycles. The molecular formula is C19H20N2OS2. The molecule has 0 spiro atoms. The number of thioether (sulfide) groups is 1. The lowest BCUT2D eigenvalue weighted by molar-refractivity contribution is -0.113. The molecule has 0 radical (unpaired) electrons. The van der Waals surface area contributed by atoms with E-state index in [4.69, 9.17) is 0 Å². The molecule has 1 unspecified atom stereocenters. The summed E-state index contributed by atoms with van der Waals surface area (Å²) in [7, 11) is 0.